The molecule has 1 saturated heterocycles. The number of nitrogens with two attached hydrogens (primary N) is 1. The fourth-order valence-electron chi connectivity index (χ4n) is 2.12. The highest BCUT2D eigenvalue weighted by Gasteiger charge is 2.50. The van der Waals surface area contributed by atoms with Crippen molar-refractivity contribution >= 4 is 13.2 Å². The minimum absolute atomic E-state index is 0.122. The van der Waals surface area contributed by atoms with Crippen LogP contribution in [0.2, 0.25) is 0 Å². The third-order valence-corrected chi connectivity index (χ3v) is 4.15. The molecular weight excluding hydrogens is 267 g/mol. The van der Waals surface area contributed by atoms with Gasteiger partial charge in [0.05, 0.1) is 29.5 Å². The molecule has 2 heterocycles. The Labute approximate surface area is 126 Å². The van der Waals surface area contributed by atoms with Crippen molar-refractivity contribution in [3.05, 3.63) is 35.6 Å². The molecule has 3 N–H and O–H groups in total. The predicted octanol–water partition coefficient (Wildman–Crippen LogP) is 1.72. The number of pyridine rings is 1. The summed E-state index contributed by atoms with van der Waals surface area (Å²) in [5, 5.41) is 9.20. The van der Waals surface area contributed by atoms with E-state index in [0.717, 1.165) is 5.56 Å². The van der Waals surface area contributed by atoms with Crippen molar-refractivity contribution in [2.24, 2.45) is 5.73 Å². The van der Waals surface area contributed by atoms with E-state index in [0.29, 0.717) is 5.69 Å². The van der Waals surface area contributed by atoms with Crippen LogP contribution in [0.4, 0.5) is 0 Å². The number of nitrogens with zero attached hydrogens (tertiary/aromatic N) is 1. The smallest absolute Gasteiger partial charge is 0.400 e. The highest BCUT2D eigenvalue weighted by atomic mass is 16.7. The van der Waals surface area contributed by atoms with Crippen LogP contribution in [0.5, 0.6) is 0 Å². The van der Waals surface area contributed by atoms with E-state index in [9.17, 15) is 5.11 Å². The second-order valence-corrected chi connectivity index (χ2v) is 6.25. The first-order valence-corrected chi connectivity index (χ1v) is 7.12. The molecule has 114 valence electrons. The number of rotatable bonds is 4. The Morgan fingerprint density at radius 1 is 1.33 bits per heavy atom. The van der Waals surface area contributed by atoms with Crippen molar-refractivity contribution in [2.75, 3.05) is 6.61 Å². The minimum atomic E-state index is -0.448. The molecule has 0 bridgehead atoms. The van der Waals surface area contributed by atoms with Gasteiger partial charge in [-0.2, -0.15) is 0 Å². The summed E-state index contributed by atoms with van der Waals surface area (Å²) in [6.07, 6.45) is 3.52. The molecule has 1 aromatic rings. The lowest BCUT2D eigenvalue weighted by atomic mass is 9.89. The average Bonchev–Trinajstić information content (AvgIpc) is 2.64. The SMILES string of the molecule is CC1(C)OB(/C=C/c2ncccc2[C@@H](N)CO)OC1(C)C. The van der Waals surface area contributed by atoms with Crippen molar-refractivity contribution in [2.45, 2.75) is 44.9 Å². The van der Waals surface area contributed by atoms with Crippen LogP contribution in [0.3, 0.4) is 0 Å². The Morgan fingerprint density at radius 3 is 2.52 bits per heavy atom. The molecular formula is C15H23BN2O3. The monoisotopic (exact) mass is 290 g/mol. The van der Waals surface area contributed by atoms with Crippen LogP contribution in [0.25, 0.3) is 6.08 Å². The first-order valence-electron chi connectivity index (χ1n) is 7.12. The molecule has 21 heavy (non-hydrogen) atoms. The van der Waals surface area contributed by atoms with Crippen molar-refractivity contribution in [1.82, 2.24) is 4.98 Å². The summed E-state index contributed by atoms with van der Waals surface area (Å²) in [5.74, 6) is 1.83. The Hall–Kier alpha value is -1.21. The third kappa shape index (κ3) is 3.35. The number of aliphatic hydroxyl groups excluding tert-OH is 1. The molecule has 0 radical (unpaired) electrons. The maximum atomic E-state index is 9.20. The fourth-order valence-corrected chi connectivity index (χ4v) is 2.12. The van der Waals surface area contributed by atoms with Gasteiger partial charge < -0.3 is 20.1 Å². The molecule has 1 aromatic heterocycles. The second-order valence-electron chi connectivity index (χ2n) is 6.25. The standard InChI is InChI=1S/C15H23BN2O3/c1-14(2)15(3,4)21-16(20-14)8-7-13-11(12(17)10-19)6-5-9-18-13/h5-9,12,19H,10,17H2,1-4H3/b8-7+/t12-/m0/s1. The topological polar surface area (TPSA) is 77.6 Å². The number of hydrogen-bond donors (Lipinski definition) is 2. The number of hydrogen-bond acceptors (Lipinski definition) is 5. The van der Waals surface area contributed by atoms with E-state index in [2.05, 4.69) is 4.98 Å². The molecule has 6 heteroatoms. The summed E-state index contributed by atoms with van der Waals surface area (Å²) in [6.45, 7) is 7.91. The van der Waals surface area contributed by atoms with Gasteiger partial charge in [0.25, 0.3) is 0 Å². The van der Waals surface area contributed by atoms with Crippen LogP contribution in [0.1, 0.15) is 45.0 Å². The van der Waals surface area contributed by atoms with Crippen LogP contribution in [-0.4, -0.2) is 35.0 Å². The maximum absolute atomic E-state index is 9.20. The zero-order chi connectivity index (χ0) is 15.7. The second kappa shape index (κ2) is 5.89. The van der Waals surface area contributed by atoms with E-state index in [-0.39, 0.29) is 17.8 Å². The minimum Gasteiger partial charge on any atom is -0.400 e. The number of aromatic nitrogens is 1. The van der Waals surface area contributed by atoms with E-state index < -0.39 is 13.2 Å². The zero-order valence-electron chi connectivity index (χ0n) is 13.0. The Kier molecular flexibility index (Phi) is 4.53. The van der Waals surface area contributed by atoms with Gasteiger partial charge in [-0.3, -0.25) is 4.98 Å². The first kappa shape index (κ1) is 16.2. The molecule has 1 atom stereocenters. The molecule has 0 amide bonds. The van der Waals surface area contributed by atoms with Crippen LogP contribution in [0, 0.1) is 0 Å². The maximum Gasteiger partial charge on any atom is 0.487 e. The van der Waals surface area contributed by atoms with Gasteiger partial charge >= 0.3 is 7.12 Å². The van der Waals surface area contributed by atoms with E-state index >= 15 is 0 Å². The van der Waals surface area contributed by atoms with Crippen molar-refractivity contribution in [3.63, 3.8) is 0 Å². The van der Waals surface area contributed by atoms with Crippen molar-refractivity contribution in [1.29, 1.82) is 0 Å². The average molecular weight is 290 g/mol. The highest BCUT2D eigenvalue weighted by molar-refractivity contribution is 6.52. The van der Waals surface area contributed by atoms with Gasteiger partial charge in [-0.25, -0.2) is 0 Å². The first-order chi connectivity index (χ1) is 9.77. The van der Waals surface area contributed by atoms with Gasteiger partial charge in [-0.1, -0.05) is 12.0 Å². The van der Waals surface area contributed by atoms with Crippen LogP contribution < -0.4 is 5.73 Å². The van der Waals surface area contributed by atoms with Gasteiger partial charge in [0.2, 0.25) is 0 Å². The molecule has 1 aliphatic rings. The summed E-state index contributed by atoms with van der Waals surface area (Å²) in [7, 11) is -0.421. The third-order valence-electron chi connectivity index (χ3n) is 4.15. The Morgan fingerprint density at radius 2 is 1.95 bits per heavy atom. The summed E-state index contributed by atoms with van der Waals surface area (Å²) in [6, 6.07) is 3.21. The van der Waals surface area contributed by atoms with Crippen molar-refractivity contribution in [3.8, 4) is 0 Å². The lowest BCUT2D eigenvalue weighted by Crippen LogP contribution is -2.41. The lowest BCUT2D eigenvalue weighted by Gasteiger charge is -2.32. The van der Waals surface area contributed by atoms with Gasteiger partial charge in [0.1, 0.15) is 0 Å². The van der Waals surface area contributed by atoms with Gasteiger partial charge in [0, 0.05) is 6.20 Å². The molecule has 0 aliphatic carbocycles. The summed E-state index contributed by atoms with van der Waals surface area (Å²) in [5.41, 5.74) is 6.66. The summed E-state index contributed by atoms with van der Waals surface area (Å²) < 4.78 is 11.8. The van der Waals surface area contributed by atoms with Crippen LogP contribution in [0.15, 0.2) is 24.3 Å². The molecule has 1 fully saturated rings. The molecule has 0 unspecified atom stereocenters. The van der Waals surface area contributed by atoms with E-state index in [4.69, 9.17) is 15.0 Å². The van der Waals surface area contributed by atoms with Crippen LogP contribution >= 0.6 is 0 Å². The normalized spacial score (nSPS) is 21.9. The van der Waals surface area contributed by atoms with E-state index in [1.54, 1.807) is 12.3 Å². The lowest BCUT2D eigenvalue weighted by molar-refractivity contribution is 0.00578. The summed E-state index contributed by atoms with van der Waals surface area (Å²) >= 11 is 0. The fraction of sp³-hybridized carbons (Fsp3) is 0.533. The van der Waals surface area contributed by atoms with Gasteiger partial charge in [-0.15, -0.1) is 0 Å². The van der Waals surface area contributed by atoms with Gasteiger partial charge in [-0.05, 0) is 45.4 Å². The highest BCUT2D eigenvalue weighted by Crippen LogP contribution is 2.37. The quantitative estimate of drug-likeness (QED) is 0.826. The van der Waals surface area contributed by atoms with Gasteiger partial charge in [0.15, 0.2) is 0 Å². The molecule has 1 aliphatic heterocycles. The Bertz CT molecular complexity index is 515. The molecule has 0 saturated carbocycles. The van der Waals surface area contributed by atoms with E-state index in [1.165, 1.54) is 0 Å². The molecule has 2 rings (SSSR count). The molecule has 0 spiro atoms. The Balaban J connectivity index is 2.17. The zero-order valence-corrected chi connectivity index (χ0v) is 13.0. The molecule has 5 nitrogen and oxygen atoms in total. The predicted molar refractivity (Wildman–Crippen MR) is 83.4 cm³/mol. The number of aliphatic hydroxyl groups is 1. The van der Waals surface area contributed by atoms with Crippen LogP contribution in [-0.2, 0) is 9.31 Å². The molecule has 0 aromatic carbocycles. The largest absolute Gasteiger partial charge is 0.487 e. The summed E-state index contributed by atoms with van der Waals surface area (Å²) in [4.78, 5) is 4.29. The van der Waals surface area contributed by atoms with Crippen molar-refractivity contribution < 1.29 is 14.4 Å². The van der Waals surface area contributed by atoms with E-state index in [1.807, 2.05) is 45.8 Å².